The van der Waals surface area contributed by atoms with E-state index in [1.54, 1.807) is 16.2 Å². The minimum Gasteiger partial charge on any atom is -0.480 e. The molecule has 2 aliphatic rings. The van der Waals surface area contributed by atoms with Crippen LogP contribution in [-0.2, 0) is 20.7 Å². The first-order valence-electron chi connectivity index (χ1n) is 8.00. The van der Waals surface area contributed by atoms with E-state index in [0.717, 1.165) is 25.1 Å². The fourth-order valence-corrected chi connectivity index (χ4v) is 4.09. The molecule has 1 N–H and O–H groups in total. The Morgan fingerprint density at radius 2 is 2.09 bits per heavy atom. The van der Waals surface area contributed by atoms with E-state index in [0.29, 0.717) is 26.2 Å². The number of carbonyl (C=O) groups is 2. The largest absolute Gasteiger partial charge is 0.480 e. The van der Waals surface area contributed by atoms with Crippen molar-refractivity contribution in [3.8, 4) is 0 Å². The SMILES string of the molecule is O=C(O)[C@@H]1C[C@H](N2CCOCC2)CCN1C(=O)Cc1ccsc1. The van der Waals surface area contributed by atoms with Gasteiger partial charge < -0.3 is 14.7 Å². The molecule has 0 radical (unpaired) electrons. The zero-order valence-corrected chi connectivity index (χ0v) is 13.8. The van der Waals surface area contributed by atoms with Crippen molar-refractivity contribution in [2.45, 2.75) is 31.3 Å². The van der Waals surface area contributed by atoms with Crippen molar-refractivity contribution in [3.63, 3.8) is 0 Å². The Balaban J connectivity index is 1.64. The first-order chi connectivity index (χ1) is 11.1. The molecule has 2 aliphatic heterocycles. The van der Waals surface area contributed by atoms with E-state index < -0.39 is 12.0 Å². The molecule has 0 aliphatic carbocycles. The minimum atomic E-state index is -0.901. The molecule has 0 unspecified atom stereocenters. The van der Waals surface area contributed by atoms with Crippen LogP contribution in [0.5, 0.6) is 0 Å². The van der Waals surface area contributed by atoms with Gasteiger partial charge in [-0.25, -0.2) is 4.79 Å². The predicted octanol–water partition coefficient (Wildman–Crippen LogP) is 1.07. The number of thiophene rings is 1. The van der Waals surface area contributed by atoms with E-state index in [2.05, 4.69) is 4.90 Å². The molecule has 6 nitrogen and oxygen atoms in total. The molecule has 3 heterocycles. The van der Waals surface area contributed by atoms with Gasteiger partial charge in [-0.05, 0) is 35.2 Å². The van der Waals surface area contributed by atoms with Crippen LogP contribution in [-0.4, -0.2) is 71.7 Å². The van der Waals surface area contributed by atoms with Gasteiger partial charge >= 0.3 is 5.97 Å². The first kappa shape index (κ1) is 16.4. The second-order valence-corrected chi connectivity index (χ2v) is 6.86. The number of carboxylic acids is 1. The zero-order valence-electron chi connectivity index (χ0n) is 13.0. The number of ether oxygens (including phenoxy) is 1. The molecule has 1 amide bonds. The molecule has 2 saturated heterocycles. The Bertz CT molecular complexity index is 542. The maximum absolute atomic E-state index is 12.5. The number of piperidine rings is 1. The molecule has 0 bridgehead atoms. The summed E-state index contributed by atoms with van der Waals surface area (Å²) >= 11 is 1.55. The second-order valence-electron chi connectivity index (χ2n) is 6.08. The van der Waals surface area contributed by atoms with E-state index in [9.17, 15) is 14.7 Å². The number of carbonyl (C=O) groups excluding carboxylic acids is 1. The van der Waals surface area contributed by atoms with Gasteiger partial charge in [0.25, 0.3) is 0 Å². The molecule has 2 fully saturated rings. The maximum atomic E-state index is 12.5. The monoisotopic (exact) mass is 338 g/mol. The predicted molar refractivity (Wildman–Crippen MR) is 86.6 cm³/mol. The summed E-state index contributed by atoms with van der Waals surface area (Å²) in [6.07, 6.45) is 1.62. The second kappa shape index (κ2) is 7.42. The van der Waals surface area contributed by atoms with Crippen molar-refractivity contribution in [1.82, 2.24) is 9.80 Å². The third-order valence-electron chi connectivity index (χ3n) is 4.68. The number of amides is 1. The lowest BCUT2D eigenvalue weighted by Gasteiger charge is -2.43. The van der Waals surface area contributed by atoms with Crippen LogP contribution in [0, 0.1) is 0 Å². The van der Waals surface area contributed by atoms with Gasteiger partial charge in [0, 0.05) is 25.7 Å². The van der Waals surface area contributed by atoms with E-state index >= 15 is 0 Å². The van der Waals surface area contributed by atoms with E-state index in [4.69, 9.17) is 4.74 Å². The summed E-state index contributed by atoms with van der Waals surface area (Å²) in [5.74, 6) is -0.988. The number of hydrogen-bond acceptors (Lipinski definition) is 5. The highest BCUT2D eigenvalue weighted by atomic mass is 32.1. The normalized spacial score (nSPS) is 26.2. The summed E-state index contributed by atoms with van der Waals surface area (Å²) in [4.78, 5) is 28.0. The smallest absolute Gasteiger partial charge is 0.326 e. The van der Waals surface area contributed by atoms with Gasteiger partial charge in [0.2, 0.25) is 5.91 Å². The van der Waals surface area contributed by atoms with Gasteiger partial charge in [-0.2, -0.15) is 11.3 Å². The fourth-order valence-electron chi connectivity index (χ4n) is 3.42. The van der Waals surface area contributed by atoms with Crippen molar-refractivity contribution >= 4 is 23.2 Å². The van der Waals surface area contributed by atoms with Crippen LogP contribution in [0.3, 0.4) is 0 Å². The van der Waals surface area contributed by atoms with Crippen LogP contribution in [0.2, 0.25) is 0 Å². The van der Waals surface area contributed by atoms with Crippen molar-refractivity contribution < 1.29 is 19.4 Å². The van der Waals surface area contributed by atoms with Crippen molar-refractivity contribution in [1.29, 1.82) is 0 Å². The molecule has 1 aromatic heterocycles. The number of rotatable bonds is 4. The molecule has 23 heavy (non-hydrogen) atoms. The van der Waals surface area contributed by atoms with Crippen LogP contribution in [0.15, 0.2) is 16.8 Å². The summed E-state index contributed by atoms with van der Waals surface area (Å²) in [5, 5.41) is 13.4. The number of aliphatic carboxylic acids is 1. The van der Waals surface area contributed by atoms with Crippen LogP contribution < -0.4 is 0 Å². The lowest BCUT2D eigenvalue weighted by Crippen LogP contribution is -2.56. The highest BCUT2D eigenvalue weighted by Crippen LogP contribution is 2.24. The Morgan fingerprint density at radius 3 is 2.74 bits per heavy atom. The molecular weight excluding hydrogens is 316 g/mol. The number of morpholine rings is 1. The quantitative estimate of drug-likeness (QED) is 0.889. The summed E-state index contributed by atoms with van der Waals surface area (Å²) in [7, 11) is 0. The van der Waals surface area contributed by atoms with Crippen LogP contribution in [0.4, 0.5) is 0 Å². The number of carboxylic acid groups (broad SMARTS) is 1. The topological polar surface area (TPSA) is 70.1 Å². The molecule has 0 spiro atoms. The van der Waals surface area contributed by atoms with E-state index in [-0.39, 0.29) is 18.4 Å². The highest BCUT2D eigenvalue weighted by molar-refractivity contribution is 7.08. The summed E-state index contributed by atoms with van der Waals surface area (Å²) in [6, 6.07) is 1.42. The molecule has 126 valence electrons. The van der Waals surface area contributed by atoms with E-state index in [1.807, 2.05) is 16.8 Å². The fraction of sp³-hybridized carbons (Fsp3) is 0.625. The van der Waals surface area contributed by atoms with E-state index in [1.165, 1.54) is 0 Å². The third-order valence-corrected chi connectivity index (χ3v) is 5.41. The van der Waals surface area contributed by atoms with Gasteiger partial charge in [-0.1, -0.05) is 0 Å². The lowest BCUT2D eigenvalue weighted by molar-refractivity contribution is -0.153. The van der Waals surface area contributed by atoms with Crippen LogP contribution in [0.1, 0.15) is 18.4 Å². The molecule has 0 aromatic carbocycles. The molecule has 1 aromatic rings. The molecular formula is C16H22N2O4S. The average molecular weight is 338 g/mol. The Morgan fingerprint density at radius 1 is 1.30 bits per heavy atom. The summed E-state index contributed by atoms with van der Waals surface area (Å²) in [6.45, 7) is 3.62. The third kappa shape index (κ3) is 3.91. The Kier molecular flexibility index (Phi) is 5.30. The Hall–Kier alpha value is -1.44. The van der Waals surface area contributed by atoms with Gasteiger partial charge in [-0.3, -0.25) is 9.69 Å². The number of nitrogens with zero attached hydrogens (tertiary/aromatic N) is 2. The van der Waals surface area contributed by atoms with Gasteiger partial charge in [0.05, 0.1) is 19.6 Å². The maximum Gasteiger partial charge on any atom is 0.326 e. The van der Waals surface area contributed by atoms with Gasteiger partial charge in [-0.15, -0.1) is 0 Å². The molecule has 7 heteroatoms. The molecule has 0 saturated carbocycles. The van der Waals surface area contributed by atoms with Crippen LogP contribution in [0.25, 0.3) is 0 Å². The summed E-state index contributed by atoms with van der Waals surface area (Å²) < 4.78 is 5.36. The summed E-state index contributed by atoms with van der Waals surface area (Å²) in [5.41, 5.74) is 0.958. The molecule has 2 atom stereocenters. The standard InChI is InChI=1S/C16H22N2O4S/c19-15(9-12-2-8-23-11-12)18-3-1-13(10-14(18)16(20)21)17-4-6-22-7-5-17/h2,8,11,13-14H,1,3-7,9-10H2,(H,20,21)/t13-,14+/m1/s1. The lowest BCUT2D eigenvalue weighted by atomic mass is 9.94. The van der Waals surface area contributed by atoms with Gasteiger partial charge in [0.1, 0.15) is 6.04 Å². The van der Waals surface area contributed by atoms with Crippen LogP contribution >= 0.6 is 11.3 Å². The van der Waals surface area contributed by atoms with Crippen molar-refractivity contribution in [2.24, 2.45) is 0 Å². The minimum absolute atomic E-state index is 0.0868. The average Bonchev–Trinajstić information content (AvgIpc) is 3.08. The van der Waals surface area contributed by atoms with Crippen molar-refractivity contribution in [2.75, 3.05) is 32.8 Å². The first-order valence-corrected chi connectivity index (χ1v) is 8.94. The molecule has 3 rings (SSSR count). The number of hydrogen-bond donors (Lipinski definition) is 1. The van der Waals surface area contributed by atoms with Gasteiger partial charge in [0.15, 0.2) is 0 Å². The Labute approximate surface area is 139 Å². The zero-order chi connectivity index (χ0) is 16.2. The van der Waals surface area contributed by atoms with Crippen molar-refractivity contribution in [3.05, 3.63) is 22.4 Å². The highest BCUT2D eigenvalue weighted by Gasteiger charge is 2.38. The number of likely N-dealkylation sites (tertiary alicyclic amines) is 1.